The molecule has 108 valence electrons. The molecule has 0 aliphatic heterocycles. The summed E-state index contributed by atoms with van der Waals surface area (Å²) < 4.78 is 5.70. The van der Waals surface area contributed by atoms with Crippen LogP contribution in [-0.2, 0) is 11.3 Å². The molecule has 0 aliphatic rings. The fraction of sp³-hybridized carbons (Fsp3) is 0.167. The van der Waals surface area contributed by atoms with Crippen LogP contribution in [0.1, 0.15) is 15.9 Å². The first-order valence-electron chi connectivity index (χ1n) is 6.88. The molecule has 2 aromatic rings. The first kappa shape index (κ1) is 15.0. The predicted octanol–water partition coefficient (Wildman–Crippen LogP) is 3.68. The third kappa shape index (κ3) is 4.58. The molecule has 1 atom stereocenters. The van der Waals surface area contributed by atoms with E-state index < -0.39 is 0 Å². The van der Waals surface area contributed by atoms with Gasteiger partial charge in [-0.3, -0.25) is 4.79 Å². The lowest BCUT2D eigenvalue weighted by Gasteiger charge is -2.17. The SMILES string of the molecule is C=CC(COCc1ccccc1)Nc1ccccc1C=O. The van der Waals surface area contributed by atoms with Gasteiger partial charge in [-0.2, -0.15) is 0 Å². The van der Waals surface area contributed by atoms with Gasteiger partial charge in [-0.15, -0.1) is 6.58 Å². The van der Waals surface area contributed by atoms with E-state index in [1.807, 2.05) is 48.5 Å². The zero-order valence-electron chi connectivity index (χ0n) is 11.9. The van der Waals surface area contributed by atoms with Crippen LogP contribution in [0.4, 0.5) is 5.69 Å². The summed E-state index contributed by atoms with van der Waals surface area (Å²) in [5, 5.41) is 3.26. The predicted molar refractivity (Wildman–Crippen MR) is 85.5 cm³/mol. The first-order chi connectivity index (χ1) is 10.3. The number of benzene rings is 2. The number of carbonyl (C=O) groups excluding carboxylic acids is 1. The van der Waals surface area contributed by atoms with E-state index in [1.165, 1.54) is 0 Å². The Hall–Kier alpha value is -2.39. The van der Waals surface area contributed by atoms with Gasteiger partial charge in [0, 0.05) is 11.3 Å². The molecule has 1 unspecified atom stereocenters. The smallest absolute Gasteiger partial charge is 0.152 e. The van der Waals surface area contributed by atoms with Crippen LogP contribution in [0.2, 0.25) is 0 Å². The summed E-state index contributed by atoms with van der Waals surface area (Å²) in [4.78, 5) is 11.0. The highest BCUT2D eigenvalue weighted by atomic mass is 16.5. The highest BCUT2D eigenvalue weighted by Gasteiger charge is 2.07. The molecule has 0 aliphatic carbocycles. The number of ether oxygens (including phenoxy) is 1. The van der Waals surface area contributed by atoms with E-state index >= 15 is 0 Å². The molecular weight excluding hydrogens is 262 g/mol. The Morgan fingerprint density at radius 2 is 1.81 bits per heavy atom. The van der Waals surface area contributed by atoms with Gasteiger partial charge in [-0.05, 0) is 17.7 Å². The minimum atomic E-state index is -0.0465. The first-order valence-corrected chi connectivity index (χ1v) is 6.88. The van der Waals surface area contributed by atoms with Gasteiger partial charge in [0.2, 0.25) is 0 Å². The van der Waals surface area contributed by atoms with E-state index in [0.29, 0.717) is 18.8 Å². The Morgan fingerprint density at radius 1 is 1.10 bits per heavy atom. The Labute approximate surface area is 125 Å². The van der Waals surface area contributed by atoms with Crippen LogP contribution in [0, 0.1) is 0 Å². The molecule has 3 heteroatoms. The second-order valence-corrected chi connectivity index (χ2v) is 4.69. The highest BCUT2D eigenvalue weighted by molar-refractivity contribution is 5.84. The fourth-order valence-corrected chi connectivity index (χ4v) is 1.98. The van der Waals surface area contributed by atoms with Gasteiger partial charge < -0.3 is 10.1 Å². The number of rotatable bonds is 8. The second-order valence-electron chi connectivity index (χ2n) is 4.69. The number of anilines is 1. The van der Waals surface area contributed by atoms with Crippen molar-refractivity contribution in [3.8, 4) is 0 Å². The Balaban J connectivity index is 1.88. The fourth-order valence-electron chi connectivity index (χ4n) is 1.98. The zero-order valence-corrected chi connectivity index (χ0v) is 11.9. The number of nitrogens with one attached hydrogen (secondary N) is 1. The maximum Gasteiger partial charge on any atom is 0.152 e. The highest BCUT2D eigenvalue weighted by Crippen LogP contribution is 2.14. The molecule has 0 saturated carbocycles. The van der Waals surface area contributed by atoms with E-state index in [-0.39, 0.29) is 6.04 Å². The number of hydrogen-bond acceptors (Lipinski definition) is 3. The summed E-state index contributed by atoms with van der Waals surface area (Å²) in [5.74, 6) is 0. The van der Waals surface area contributed by atoms with Gasteiger partial charge >= 0.3 is 0 Å². The third-order valence-electron chi connectivity index (χ3n) is 3.12. The number of hydrogen-bond donors (Lipinski definition) is 1. The van der Waals surface area contributed by atoms with Gasteiger partial charge in [0.05, 0.1) is 19.3 Å². The normalized spacial score (nSPS) is 11.6. The molecular formula is C18H19NO2. The van der Waals surface area contributed by atoms with Crippen LogP contribution >= 0.6 is 0 Å². The third-order valence-corrected chi connectivity index (χ3v) is 3.12. The summed E-state index contributed by atoms with van der Waals surface area (Å²) in [6, 6.07) is 17.3. The Kier molecular flexibility index (Phi) is 5.73. The van der Waals surface area contributed by atoms with Crippen LogP contribution in [0.25, 0.3) is 0 Å². The van der Waals surface area contributed by atoms with E-state index in [0.717, 1.165) is 17.5 Å². The molecule has 0 heterocycles. The average Bonchev–Trinajstić information content (AvgIpc) is 2.55. The molecule has 0 fully saturated rings. The van der Waals surface area contributed by atoms with Crippen molar-refractivity contribution in [2.24, 2.45) is 0 Å². The number of aldehydes is 1. The molecule has 0 radical (unpaired) electrons. The molecule has 0 aromatic heterocycles. The lowest BCUT2D eigenvalue weighted by atomic mass is 10.1. The lowest BCUT2D eigenvalue weighted by molar-refractivity contribution is 0.112. The van der Waals surface area contributed by atoms with Crippen LogP contribution in [0.15, 0.2) is 67.3 Å². The quantitative estimate of drug-likeness (QED) is 0.592. The zero-order chi connectivity index (χ0) is 14.9. The Morgan fingerprint density at radius 3 is 2.52 bits per heavy atom. The standard InChI is InChI=1S/C18H19NO2/c1-2-17(14-21-13-15-8-4-3-5-9-15)19-18-11-7-6-10-16(18)12-20/h2-12,17,19H,1,13-14H2. The van der Waals surface area contributed by atoms with Gasteiger partial charge in [-0.25, -0.2) is 0 Å². The average molecular weight is 281 g/mol. The monoisotopic (exact) mass is 281 g/mol. The van der Waals surface area contributed by atoms with Crippen LogP contribution in [-0.4, -0.2) is 18.9 Å². The van der Waals surface area contributed by atoms with Crippen LogP contribution < -0.4 is 5.32 Å². The van der Waals surface area contributed by atoms with Crippen molar-refractivity contribution in [1.29, 1.82) is 0 Å². The van der Waals surface area contributed by atoms with Crippen molar-refractivity contribution < 1.29 is 9.53 Å². The molecule has 0 amide bonds. The summed E-state index contributed by atoms with van der Waals surface area (Å²) >= 11 is 0. The summed E-state index contributed by atoms with van der Waals surface area (Å²) in [6.45, 7) is 4.86. The van der Waals surface area contributed by atoms with E-state index in [1.54, 1.807) is 12.1 Å². The lowest BCUT2D eigenvalue weighted by Crippen LogP contribution is -2.23. The van der Waals surface area contributed by atoms with E-state index in [9.17, 15) is 4.79 Å². The maximum atomic E-state index is 11.0. The van der Waals surface area contributed by atoms with Crippen molar-refractivity contribution in [2.75, 3.05) is 11.9 Å². The molecule has 3 nitrogen and oxygen atoms in total. The topological polar surface area (TPSA) is 38.3 Å². The van der Waals surface area contributed by atoms with Gasteiger partial charge in [0.1, 0.15) is 0 Å². The molecule has 1 N–H and O–H groups in total. The van der Waals surface area contributed by atoms with Crippen molar-refractivity contribution in [3.05, 3.63) is 78.4 Å². The second kappa shape index (κ2) is 8.02. The van der Waals surface area contributed by atoms with Crippen molar-refractivity contribution >= 4 is 12.0 Å². The van der Waals surface area contributed by atoms with E-state index in [2.05, 4.69) is 11.9 Å². The minimum Gasteiger partial charge on any atom is -0.376 e. The van der Waals surface area contributed by atoms with Crippen LogP contribution in [0.3, 0.4) is 0 Å². The van der Waals surface area contributed by atoms with Crippen molar-refractivity contribution in [2.45, 2.75) is 12.6 Å². The molecule has 21 heavy (non-hydrogen) atoms. The maximum absolute atomic E-state index is 11.0. The van der Waals surface area contributed by atoms with Crippen LogP contribution in [0.5, 0.6) is 0 Å². The molecule has 0 bridgehead atoms. The van der Waals surface area contributed by atoms with E-state index in [4.69, 9.17) is 4.74 Å². The molecule has 0 spiro atoms. The Bertz CT molecular complexity index is 581. The van der Waals surface area contributed by atoms with Gasteiger partial charge in [-0.1, -0.05) is 48.5 Å². The number of para-hydroxylation sites is 1. The summed E-state index contributed by atoms with van der Waals surface area (Å²) in [5.41, 5.74) is 2.56. The largest absolute Gasteiger partial charge is 0.376 e. The minimum absolute atomic E-state index is 0.0465. The van der Waals surface area contributed by atoms with Gasteiger partial charge in [0.15, 0.2) is 6.29 Å². The van der Waals surface area contributed by atoms with Crippen molar-refractivity contribution in [3.63, 3.8) is 0 Å². The summed E-state index contributed by atoms with van der Waals surface area (Å²) in [7, 11) is 0. The van der Waals surface area contributed by atoms with Crippen molar-refractivity contribution in [1.82, 2.24) is 0 Å². The molecule has 0 saturated heterocycles. The molecule has 2 aromatic carbocycles. The molecule has 2 rings (SSSR count). The van der Waals surface area contributed by atoms with Gasteiger partial charge in [0.25, 0.3) is 0 Å². The number of carbonyl (C=O) groups is 1. The summed E-state index contributed by atoms with van der Waals surface area (Å²) in [6.07, 6.45) is 2.62.